The van der Waals surface area contributed by atoms with Gasteiger partial charge in [0.05, 0.1) is 16.8 Å². The van der Waals surface area contributed by atoms with Gasteiger partial charge in [0.15, 0.2) is 5.58 Å². The standard InChI is InChI=1S/C41H26N2OS/c1-3-12-27(13-4-1)31-17-7-9-19-35(31)43(30-23-25-38-33(26-30)32-18-8-10-21-37(32)45-38)36-20-11-16-28-22-24-34-40(39(28)36)44-41(42-34)29-14-5-2-6-15-29/h1-26H. The summed E-state index contributed by atoms with van der Waals surface area (Å²) in [5.74, 6) is 0.621. The molecule has 0 saturated heterocycles. The van der Waals surface area contributed by atoms with Crippen LogP contribution in [0.1, 0.15) is 0 Å². The molecule has 0 saturated carbocycles. The molecule has 9 aromatic rings. The van der Waals surface area contributed by atoms with E-state index in [1.54, 1.807) is 0 Å². The number of thiophene rings is 1. The average molecular weight is 595 g/mol. The molecular formula is C41H26N2OS. The highest BCUT2D eigenvalue weighted by Crippen LogP contribution is 2.47. The summed E-state index contributed by atoms with van der Waals surface area (Å²) in [6, 6.07) is 55.6. The first kappa shape index (κ1) is 25.8. The molecule has 0 aliphatic rings. The summed E-state index contributed by atoms with van der Waals surface area (Å²) >= 11 is 1.84. The molecule has 0 amide bonds. The molecule has 0 N–H and O–H groups in total. The summed E-state index contributed by atoms with van der Waals surface area (Å²) in [7, 11) is 0. The minimum atomic E-state index is 0.621. The summed E-state index contributed by atoms with van der Waals surface area (Å²) in [5, 5.41) is 4.66. The molecule has 9 rings (SSSR count). The topological polar surface area (TPSA) is 29.3 Å². The Labute approximate surface area is 264 Å². The Balaban J connectivity index is 1.36. The lowest BCUT2D eigenvalue weighted by Crippen LogP contribution is -2.11. The minimum absolute atomic E-state index is 0.621. The fourth-order valence-electron chi connectivity index (χ4n) is 6.42. The zero-order valence-corrected chi connectivity index (χ0v) is 25.0. The molecule has 0 fully saturated rings. The minimum Gasteiger partial charge on any atom is -0.435 e. The highest BCUT2D eigenvalue weighted by Gasteiger charge is 2.22. The summed E-state index contributed by atoms with van der Waals surface area (Å²) in [6.07, 6.45) is 0. The van der Waals surface area contributed by atoms with Crippen molar-refractivity contribution in [2.24, 2.45) is 0 Å². The molecular weight excluding hydrogens is 569 g/mol. The zero-order chi connectivity index (χ0) is 29.7. The quantitative estimate of drug-likeness (QED) is 0.198. The number of para-hydroxylation sites is 1. The predicted molar refractivity (Wildman–Crippen MR) is 190 cm³/mol. The van der Waals surface area contributed by atoms with Gasteiger partial charge in [-0.05, 0) is 65.5 Å². The second-order valence-corrected chi connectivity index (χ2v) is 12.3. The van der Waals surface area contributed by atoms with Gasteiger partial charge in [0, 0.05) is 37.0 Å². The summed E-state index contributed by atoms with van der Waals surface area (Å²) in [4.78, 5) is 7.32. The highest BCUT2D eigenvalue weighted by atomic mass is 32.1. The average Bonchev–Trinajstić information content (AvgIpc) is 3.71. The van der Waals surface area contributed by atoms with E-state index < -0.39 is 0 Å². The van der Waals surface area contributed by atoms with Gasteiger partial charge in [0.25, 0.3) is 0 Å². The smallest absolute Gasteiger partial charge is 0.227 e. The number of hydrogen-bond donors (Lipinski definition) is 0. The van der Waals surface area contributed by atoms with Crippen molar-refractivity contribution in [1.29, 1.82) is 0 Å². The van der Waals surface area contributed by atoms with Gasteiger partial charge < -0.3 is 9.32 Å². The van der Waals surface area contributed by atoms with Crippen molar-refractivity contribution in [2.75, 3.05) is 4.90 Å². The number of anilines is 3. The lowest BCUT2D eigenvalue weighted by molar-refractivity contribution is 0.623. The Morgan fingerprint density at radius 1 is 0.533 bits per heavy atom. The van der Waals surface area contributed by atoms with Crippen LogP contribution < -0.4 is 4.90 Å². The number of aromatic nitrogens is 1. The van der Waals surface area contributed by atoms with Gasteiger partial charge in [-0.25, -0.2) is 4.98 Å². The largest absolute Gasteiger partial charge is 0.435 e. The molecule has 3 nitrogen and oxygen atoms in total. The second kappa shape index (κ2) is 10.5. The number of fused-ring (bicyclic) bond motifs is 6. The first-order valence-electron chi connectivity index (χ1n) is 15.1. The molecule has 2 aromatic heterocycles. The van der Waals surface area contributed by atoms with Crippen LogP contribution in [0.5, 0.6) is 0 Å². The molecule has 0 bridgehead atoms. The van der Waals surface area contributed by atoms with Crippen LogP contribution in [0.15, 0.2) is 162 Å². The van der Waals surface area contributed by atoms with Gasteiger partial charge >= 0.3 is 0 Å². The van der Waals surface area contributed by atoms with Crippen molar-refractivity contribution < 1.29 is 4.42 Å². The van der Waals surface area contributed by atoms with E-state index in [1.807, 2.05) is 41.7 Å². The Hall–Kier alpha value is -5.71. The SMILES string of the molecule is c1ccc(-c2nc3ccc4cccc(N(c5ccc6sc7ccccc7c6c5)c5ccccc5-c5ccccc5)c4c3o2)cc1. The third-order valence-corrected chi connectivity index (χ3v) is 9.64. The van der Waals surface area contributed by atoms with Gasteiger partial charge in [-0.1, -0.05) is 103 Å². The first-order valence-corrected chi connectivity index (χ1v) is 15.9. The van der Waals surface area contributed by atoms with Crippen molar-refractivity contribution in [3.8, 4) is 22.6 Å². The van der Waals surface area contributed by atoms with E-state index in [4.69, 9.17) is 9.40 Å². The van der Waals surface area contributed by atoms with E-state index in [-0.39, 0.29) is 0 Å². The van der Waals surface area contributed by atoms with Crippen LogP contribution in [0, 0.1) is 0 Å². The maximum Gasteiger partial charge on any atom is 0.227 e. The number of benzene rings is 7. The second-order valence-electron chi connectivity index (χ2n) is 11.2. The Morgan fingerprint density at radius 3 is 2.11 bits per heavy atom. The normalized spacial score (nSPS) is 11.6. The number of nitrogens with zero attached hydrogens (tertiary/aromatic N) is 2. The molecule has 45 heavy (non-hydrogen) atoms. The molecule has 4 heteroatoms. The van der Waals surface area contributed by atoms with Crippen molar-refractivity contribution in [1.82, 2.24) is 4.98 Å². The van der Waals surface area contributed by atoms with Crippen LogP contribution >= 0.6 is 11.3 Å². The zero-order valence-electron chi connectivity index (χ0n) is 24.2. The molecule has 7 aromatic carbocycles. The van der Waals surface area contributed by atoms with Gasteiger partial charge in [0.1, 0.15) is 5.52 Å². The Kier molecular flexibility index (Phi) is 6.00. The van der Waals surface area contributed by atoms with Crippen LogP contribution in [-0.2, 0) is 0 Å². The Bertz CT molecular complexity index is 2500. The van der Waals surface area contributed by atoms with Gasteiger partial charge in [0.2, 0.25) is 5.89 Å². The number of oxazole rings is 1. The molecule has 0 spiro atoms. The van der Waals surface area contributed by atoms with E-state index in [2.05, 4.69) is 132 Å². The van der Waals surface area contributed by atoms with Crippen LogP contribution in [0.3, 0.4) is 0 Å². The molecule has 0 atom stereocenters. The van der Waals surface area contributed by atoms with Gasteiger partial charge in [-0.15, -0.1) is 11.3 Å². The summed E-state index contributed by atoms with van der Waals surface area (Å²) < 4.78 is 9.20. The van der Waals surface area contributed by atoms with E-state index in [1.165, 1.54) is 20.2 Å². The summed E-state index contributed by atoms with van der Waals surface area (Å²) in [6.45, 7) is 0. The van der Waals surface area contributed by atoms with E-state index in [0.717, 1.165) is 55.6 Å². The molecule has 0 unspecified atom stereocenters. The number of rotatable bonds is 5. The van der Waals surface area contributed by atoms with Crippen molar-refractivity contribution >= 4 is 70.4 Å². The van der Waals surface area contributed by atoms with Gasteiger partial charge in [-0.2, -0.15) is 0 Å². The van der Waals surface area contributed by atoms with Crippen molar-refractivity contribution in [3.63, 3.8) is 0 Å². The maximum absolute atomic E-state index is 6.62. The van der Waals surface area contributed by atoms with E-state index >= 15 is 0 Å². The monoisotopic (exact) mass is 594 g/mol. The van der Waals surface area contributed by atoms with Crippen LogP contribution in [0.4, 0.5) is 17.1 Å². The third-order valence-electron chi connectivity index (χ3n) is 8.49. The predicted octanol–water partition coefficient (Wildman–Crippen LogP) is 12.2. The van der Waals surface area contributed by atoms with E-state index in [9.17, 15) is 0 Å². The molecule has 212 valence electrons. The molecule has 2 heterocycles. The van der Waals surface area contributed by atoms with Gasteiger partial charge in [-0.3, -0.25) is 0 Å². The fourth-order valence-corrected chi connectivity index (χ4v) is 7.50. The first-order chi connectivity index (χ1) is 22.3. The van der Waals surface area contributed by atoms with Crippen molar-refractivity contribution in [3.05, 3.63) is 158 Å². The lowest BCUT2D eigenvalue weighted by atomic mass is 10.00. The fraction of sp³-hybridized carbons (Fsp3) is 0. The molecule has 0 radical (unpaired) electrons. The van der Waals surface area contributed by atoms with Crippen LogP contribution in [0.25, 0.3) is 64.6 Å². The third kappa shape index (κ3) is 4.30. The van der Waals surface area contributed by atoms with Crippen LogP contribution in [-0.4, -0.2) is 4.98 Å². The van der Waals surface area contributed by atoms with Crippen LogP contribution in [0.2, 0.25) is 0 Å². The summed E-state index contributed by atoms with van der Waals surface area (Å²) in [5.41, 5.74) is 8.11. The van der Waals surface area contributed by atoms with E-state index in [0.29, 0.717) is 5.89 Å². The van der Waals surface area contributed by atoms with Crippen molar-refractivity contribution in [2.45, 2.75) is 0 Å². The molecule has 0 aliphatic carbocycles. The Morgan fingerprint density at radius 2 is 1.24 bits per heavy atom. The molecule has 0 aliphatic heterocycles. The number of hydrogen-bond acceptors (Lipinski definition) is 4. The maximum atomic E-state index is 6.62. The highest BCUT2D eigenvalue weighted by molar-refractivity contribution is 7.25. The lowest BCUT2D eigenvalue weighted by Gasteiger charge is -2.29.